The van der Waals surface area contributed by atoms with E-state index in [0.717, 1.165) is 0 Å². The van der Waals surface area contributed by atoms with Gasteiger partial charge in [0.05, 0.1) is 39.6 Å². The van der Waals surface area contributed by atoms with Gasteiger partial charge in [-0.05, 0) is 0 Å². The van der Waals surface area contributed by atoms with Crippen LogP contribution in [0.3, 0.4) is 0 Å². The molecule has 6 nitrogen and oxygen atoms in total. The Hall–Kier alpha value is -0.240. The third-order valence-corrected chi connectivity index (χ3v) is 2.81. The standard InChI is InChI=1S/C10H18O6/c11-1-3-13-7-5-15-10-8(14-4-2-12)6-16-9(7)10/h7-12H,1-6H2/t7-,8+,9?,10?. The lowest BCUT2D eigenvalue weighted by molar-refractivity contribution is -0.0589. The zero-order chi connectivity index (χ0) is 11.4. The molecule has 0 saturated carbocycles. The molecule has 0 spiro atoms. The summed E-state index contributed by atoms with van der Waals surface area (Å²) in [6.07, 6.45) is -0.481. The van der Waals surface area contributed by atoms with E-state index in [9.17, 15) is 0 Å². The van der Waals surface area contributed by atoms with Crippen molar-refractivity contribution in [2.24, 2.45) is 0 Å². The maximum Gasteiger partial charge on any atom is 0.115 e. The summed E-state index contributed by atoms with van der Waals surface area (Å²) in [6.45, 7) is 1.52. The van der Waals surface area contributed by atoms with E-state index in [0.29, 0.717) is 26.4 Å². The third-order valence-electron chi connectivity index (χ3n) is 2.81. The molecule has 0 aromatic rings. The maximum atomic E-state index is 8.68. The van der Waals surface area contributed by atoms with Crippen LogP contribution in [0.25, 0.3) is 0 Å². The minimum absolute atomic E-state index is 0.00166. The molecule has 2 heterocycles. The predicted molar refractivity (Wildman–Crippen MR) is 53.1 cm³/mol. The SMILES string of the molecule is OCCO[C@H]1COC2C1OC[C@H]2OCCO. The average molecular weight is 234 g/mol. The zero-order valence-electron chi connectivity index (χ0n) is 9.08. The number of rotatable bonds is 6. The molecule has 6 heteroatoms. The summed E-state index contributed by atoms with van der Waals surface area (Å²) >= 11 is 0. The Morgan fingerprint density at radius 3 is 1.69 bits per heavy atom. The summed E-state index contributed by atoms with van der Waals surface area (Å²) in [6, 6.07) is 0. The molecule has 2 saturated heterocycles. The van der Waals surface area contributed by atoms with Gasteiger partial charge in [-0.2, -0.15) is 0 Å². The lowest BCUT2D eigenvalue weighted by Gasteiger charge is -2.16. The summed E-state index contributed by atoms with van der Waals surface area (Å²) in [5.74, 6) is 0. The van der Waals surface area contributed by atoms with Crippen molar-refractivity contribution in [3.63, 3.8) is 0 Å². The number of ether oxygens (including phenoxy) is 4. The average Bonchev–Trinajstić information content (AvgIpc) is 2.86. The molecule has 2 aliphatic rings. The smallest absolute Gasteiger partial charge is 0.115 e. The molecule has 2 fully saturated rings. The highest BCUT2D eigenvalue weighted by atomic mass is 16.6. The summed E-state index contributed by atoms with van der Waals surface area (Å²) in [4.78, 5) is 0. The van der Waals surface area contributed by atoms with Gasteiger partial charge in [-0.1, -0.05) is 0 Å². The van der Waals surface area contributed by atoms with Gasteiger partial charge < -0.3 is 29.2 Å². The van der Waals surface area contributed by atoms with E-state index in [2.05, 4.69) is 0 Å². The van der Waals surface area contributed by atoms with Crippen LogP contribution in [0.5, 0.6) is 0 Å². The van der Waals surface area contributed by atoms with Gasteiger partial charge in [0.2, 0.25) is 0 Å². The molecule has 2 N–H and O–H groups in total. The summed E-state index contributed by atoms with van der Waals surface area (Å²) in [5.41, 5.74) is 0. The Balaban J connectivity index is 1.80. The van der Waals surface area contributed by atoms with E-state index in [1.807, 2.05) is 0 Å². The van der Waals surface area contributed by atoms with Gasteiger partial charge in [0.1, 0.15) is 24.4 Å². The van der Waals surface area contributed by atoms with E-state index in [-0.39, 0.29) is 37.6 Å². The van der Waals surface area contributed by atoms with Crippen LogP contribution in [0, 0.1) is 0 Å². The number of aliphatic hydroxyl groups excluding tert-OH is 2. The van der Waals surface area contributed by atoms with Gasteiger partial charge in [-0.3, -0.25) is 0 Å². The number of hydrogen-bond acceptors (Lipinski definition) is 6. The molecular weight excluding hydrogens is 216 g/mol. The molecule has 94 valence electrons. The molecule has 2 rings (SSSR count). The molecule has 2 unspecified atom stereocenters. The van der Waals surface area contributed by atoms with Crippen molar-refractivity contribution in [2.45, 2.75) is 24.4 Å². The van der Waals surface area contributed by atoms with Gasteiger partial charge in [-0.15, -0.1) is 0 Å². The predicted octanol–water partition coefficient (Wildman–Crippen LogP) is -1.46. The Kier molecular flexibility index (Phi) is 4.51. The molecular formula is C10H18O6. The van der Waals surface area contributed by atoms with Crippen molar-refractivity contribution in [2.75, 3.05) is 39.6 Å². The fraction of sp³-hybridized carbons (Fsp3) is 1.00. The van der Waals surface area contributed by atoms with Crippen LogP contribution in [0.15, 0.2) is 0 Å². The molecule has 0 radical (unpaired) electrons. The first-order chi connectivity index (χ1) is 7.86. The van der Waals surface area contributed by atoms with Crippen LogP contribution >= 0.6 is 0 Å². The highest BCUT2D eigenvalue weighted by molar-refractivity contribution is 4.95. The van der Waals surface area contributed by atoms with Crippen LogP contribution in [0.1, 0.15) is 0 Å². The topological polar surface area (TPSA) is 77.4 Å². The zero-order valence-corrected chi connectivity index (χ0v) is 9.08. The molecule has 0 aromatic heterocycles. The fourth-order valence-corrected chi connectivity index (χ4v) is 2.12. The van der Waals surface area contributed by atoms with Crippen LogP contribution < -0.4 is 0 Å². The van der Waals surface area contributed by atoms with E-state index in [4.69, 9.17) is 29.2 Å². The van der Waals surface area contributed by atoms with E-state index >= 15 is 0 Å². The Morgan fingerprint density at radius 1 is 0.875 bits per heavy atom. The highest BCUT2D eigenvalue weighted by Gasteiger charge is 2.48. The van der Waals surface area contributed by atoms with E-state index in [1.165, 1.54) is 0 Å². The Morgan fingerprint density at radius 2 is 1.31 bits per heavy atom. The molecule has 4 atom stereocenters. The Labute approximate surface area is 94.1 Å². The van der Waals surface area contributed by atoms with Crippen molar-refractivity contribution < 1.29 is 29.2 Å². The normalized spacial score (nSPS) is 37.9. The number of hydrogen-bond donors (Lipinski definition) is 2. The minimum atomic E-state index is -0.125. The molecule has 16 heavy (non-hydrogen) atoms. The second kappa shape index (κ2) is 5.90. The summed E-state index contributed by atoms with van der Waals surface area (Å²) < 4.78 is 21.9. The van der Waals surface area contributed by atoms with Crippen LogP contribution in [-0.4, -0.2) is 74.3 Å². The van der Waals surface area contributed by atoms with Crippen LogP contribution in [0.4, 0.5) is 0 Å². The first kappa shape index (κ1) is 12.2. The largest absolute Gasteiger partial charge is 0.394 e. The summed E-state index contributed by atoms with van der Waals surface area (Å²) in [7, 11) is 0. The van der Waals surface area contributed by atoms with Gasteiger partial charge >= 0.3 is 0 Å². The maximum absolute atomic E-state index is 8.68. The van der Waals surface area contributed by atoms with Gasteiger partial charge in [-0.25, -0.2) is 0 Å². The monoisotopic (exact) mass is 234 g/mol. The first-order valence-corrected chi connectivity index (χ1v) is 5.55. The lowest BCUT2D eigenvalue weighted by Crippen LogP contribution is -2.34. The van der Waals surface area contributed by atoms with Gasteiger partial charge in [0, 0.05) is 0 Å². The van der Waals surface area contributed by atoms with Gasteiger partial charge in [0.15, 0.2) is 0 Å². The molecule has 0 amide bonds. The molecule has 2 aliphatic heterocycles. The fourth-order valence-electron chi connectivity index (χ4n) is 2.12. The lowest BCUT2D eigenvalue weighted by atomic mass is 10.1. The molecule has 0 aromatic carbocycles. The third kappa shape index (κ3) is 2.53. The quantitative estimate of drug-likeness (QED) is 0.585. The van der Waals surface area contributed by atoms with Crippen molar-refractivity contribution >= 4 is 0 Å². The first-order valence-electron chi connectivity index (χ1n) is 5.55. The molecule has 0 bridgehead atoms. The molecule has 0 aliphatic carbocycles. The minimum Gasteiger partial charge on any atom is -0.394 e. The Bertz CT molecular complexity index is 189. The van der Waals surface area contributed by atoms with Crippen molar-refractivity contribution in [3.8, 4) is 0 Å². The summed E-state index contributed by atoms with van der Waals surface area (Å²) in [5, 5.41) is 17.4. The number of aliphatic hydroxyl groups is 2. The van der Waals surface area contributed by atoms with E-state index in [1.54, 1.807) is 0 Å². The van der Waals surface area contributed by atoms with Crippen LogP contribution in [0.2, 0.25) is 0 Å². The van der Waals surface area contributed by atoms with Crippen LogP contribution in [-0.2, 0) is 18.9 Å². The van der Waals surface area contributed by atoms with Crippen molar-refractivity contribution in [3.05, 3.63) is 0 Å². The van der Waals surface area contributed by atoms with E-state index < -0.39 is 0 Å². The van der Waals surface area contributed by atoms with Crippen molar-refractivity contribution in [1.29, 1.82) is 0 Å². The second-order valence-electron chi connectivity index (χ2n) is 3.86. The highest BCUT2D eigenvalue weighted by Crippen LogP contribution is 2.30. The second-order valence-corrected chi connectivity index (χ2v) is 3.86. The van der Waals surface area contributed by atoms with Gasteiger partial charge in [0.25, 0.3) is 0 Å². The number of fused-ring (bicyclic) bond motifs is 1. The van der Waals surface area contributed by atoms with Crippen molar-refractivity contribution in [1.82, 2.24) is 0 Å².